The van der Waals surface area contributed by atoms with E-state index >= 15 is 0 Å². The number of aliphatic hydroxyl groups is 1. The molecule has 15 heteroatoms. The van der Waals surface area contributed by atoms with Gasteiger partial charge in [0.15, 0.2) is 5.13 Å². The van der Waals surface area contributed by atoms with Crippen molar-refractivity contribution in [3.63, 3.8) is 0 Å². The number of rotatable bonds is 17. The lowest BCUT2D eigenvalue weighted by molar-refractivity contribution is -0.125. The highest BCUT2D eigenvalue weighted by molar-refractivity contribution is 7.13. The number of ether oxygens (including phenoxy) is 3. The summed E-state index contributed by atoms with van der Waals surface area (Å²) in [6.45, 7) is 6.47. The van der Waals surface area contributed by atoms with Crippen molar-refractivity contribution in [3.05, 3.63) is 99.4 Å². The molecular formula is C37H46N6O7S2. The zero-order valence-electron chi connectivity index (χ0n) is 29.3. The summed E-state index contributed by atoms with van der Waals surface area (Å²) in [6, 6.07) is 16.9. The lowest BCUT2D eigenvalue weighted by Crippen LogP contribution is -2.56. The zero-order valence-corrected chi connectivity index (χ0v) is 30.9. The van der Waals surface area contributed by atoms with Gasteiger partial charge in [0.25, 0.3) is 0 Å². The fourth-order valence-electron chi connectivity index (χ4n) is 5.74. The molecule has 52 heavy (non-hydrogen) atoms. The number of nitrogens with zero attached hydrogens (tertiary/aromatic N) is 3. The van der Waals surface area contributed by atoms with Gasteiger partial charge < -0.3 is 40.2 Å². The molecule has 0 bridgehead atoms. The van der Waals surface area contributed by atoms with E-state index < -0.39 is 42.3 Å². The molecule has 0 saturated carbocycles. The van der Waals surface area contributed by atoms with Crippen molar-refractivity contribution in [1.29, 1.82) is 0 Å². The van der Waals surface area contributed by atoms with Crippen LogP contribution >= 0.6 is 22.7 Å². The van der Waals surface area contributed by atoms with E-state index in [-0.39, 0.29) is 25.6 Å². The second kappa shape index (κ2) is 19.9. The molecule has 3 heterocycles. The number of aromatic nitrogens is 2. The van der Waals surface area contributed by atoms with Gasteiger partial charge in [0, 0.05) is 30.7 Å². The highest BCUT2D eigenvalue weighted by Crippen LogP contribution is 2.22. The van der Waals surface area contributed by atoms with E-state index in [1.165, 1.54) is 22.7 Å². The van der Waals surface area contributed by atoms with Crippen LogP contribution < -0.4 is 20.9 Å². The molecule has 0 radical (unpaired) electrons. The Kier molecular flexibility index (Phi) is 14.8. The van der Waals surface area contributed by atoms with Crippen molar-refractivity contribution in [3.8, 4) is 0 Å². The predicted octanol–water partition coefficient (Wildman–Crippen LogP) is 4.70. The molecule has 0 spiro atoms. The number of anilines is 1. The van der Waals surface area contributed by atoms with E-state index in [1.807, 2.05) is 79.9 Å². The first kappa shape index (κ1) is 38.7. The number of alkyl carbamates (subject to hydrolysis) is 2. The van der Waals surface area contributed by atoms with Crippen LogP contribution in [0.2, 0.25) is 0 Å². The molecule has 4 N–H and O–H groups in total. The molecule has 1 aliphatic rings. The minimum absolute atomic E-state index is 0.0447. The Balaban J connectivity index is 1.23. The van der Waals surface area contributed by atoms with Crippen LogP contribution in [-0.2, 0) is 45.1 Å². The standard InChI is InChI=1S/C37H46N6O7S2/c1-25(2)33(42-37(47)49-21-29-23-51-35(39-29)43-13-15-48-16-14-43)34(45)41-31(18-27-11-7-4-8-12-27)32(44)19-28(17-26-9-5-3-6-10-26)40-36(46)50-22-30-20-38-24-52-30/h3-12,20,23-25,28,31-33,44H,13-19,21-22H2,1-2H3,(H,40,46)(H,41,45)(H,42,47)/t28?,31?,32?,33-/m0/s1. The van der Waals surface area contributed by atoms with Gasteiger partial charge in [0.1, 0.15) is 19.3 Å². The number of hydrogen-bond acceptors (Lipinski definition) is 12. The second-order valence-electron chi connectivity index (χ2n) is 12.8. The third-order valence-electron chi connectivity index (χ3n) is 8.49. The predicted molar refractivity (Wildman–Crippen MR) is 199 cm³/mol. The van der Waals surface area contributed by atoms with E-state index in [4.69, 9.17) is 14.2 Å². The van der Waals surface area contributed by atoms with Gasteiger partial charge in [-0.2, -0.15) is 0 Å². The van der Waals surface area contributed by atoms with Crippen LogP contribution in [0.3, 0.4) is 0 Å². The van der Waals surface area contributed by atoms with Gasteiger partial charge in [-0.25, -0.2) is 14.6 Å². The summed E-state index contributed by atoms with van der Waals surface area (Å²) in [4.78, 5) is 51.2. The van der Waals surface area contributed by atoms with Gasteiger partial charge in [0.05, 0.1) is 41.4 Å². The molecule has 4 aromatic rings. The van der Waals surface area contributed by atoms with Crippen molar-refractivity contribution >= 4 is 45.9 Å². The number of benzene rings is 2. The Morgan fingerprint density at radius 1 is 0.885 bits per heavy atom. The third-order valence-corrected chi connectivity index (χ3v) is 10.2. The van der Waals surface area contributed by atoms with Gasteiger partial charge >= 0.3 is 12.2 Å². The summed E-state index contributed by atoms with van der Waals surface area (Å²) in [5.74, 6) is -0.762. The molecule has 5 rings (SSSR count). The maximum Gasteiger partial charge on any atom is 0.408 e. The molecule has 3 unspecified atom stereocenters. The van der Waals surface area contributed by atoms with Crippen molar-refractivity contribution < 1.29 is 33.7 Å². The van der Waals surface area contributed by atoms with Crippen LogP contribution in [0.1, 0.15) is 42.0 Å². The van der Waals surface area contributed by atoms with Gasteiger partial charge in [-0.15, -0.1) is 22.7 Å². The first-order valence-corrected chi connectivity index (χ1v) is 19.1. The van der Waals surface area contributed by atoms with E-state index in [9.17, 15) is 19.5 Å². The smallest absolute Gasteiger partial charge is 0.408 e. The Hall–Kier alpha value is -4.57. The molecule has 278 valence electrons. The van der Waals surface area contributed by atoms with Crippen molar-refractivity contribution in [2.45, 2.75) is 70.6 Å². The monoisotopic (exact) mass is 750 g/mol. The maximum atomic E-state index is 13.8. The molecule has 1 saturated heterocycles. The topological polar surface area (TPSA) is 164 Å². The quantitative estimate of drug-likeness (QED) is 0.119. The van der Waals surface area contributed by atoms with Crippen molar-refractivity contribution in [1.82, 2.24) is 25.9 Å². The average molecular weight is 751 g/mol. The summed E-state index contributed by atoms with van der Waals surface area (Å²) in [7, 11) is 0. The molecule has 3 amide bonds. The lowest BCUT2D eigenvalue weighted by Gasteiger charge is -2.30. The van der Waals surface area contributed by atoms with Crippen molar-refractivity contribution in [2.75, 3.05) is 31.2 Å². The minimum atomic E-state index is -1.08. The van der Waals surface area contributed by atoms with E-state index in [2.05, 4.69) is 30.8 Å². The summed E-state index contributed by atoms with van der Waals surface area (Å²) >= 11 is 2.86. The molecule has 1 aliphatic heterocycles. The number of thiazole rings is 2. The fraction of sp³-hybridized carbons (Fsp3) is 0.432. The molecule has 1 fully saturated rings. The van der Waals surface area contributed by atoms with Crippen LogP contribution in [-0.4, -0.2) is 83.7 Å². The number of morpholine rings is 1. The Bertz CT molecular complexity index is 1670. The number of aliphatic hydroxyl groups excluding tert-OH is 1. The molecular weight excluding hydrogens is 705 g/mol. The third kappa shape index (κ3) is 12.3. The van der Waals surface area contributed by atoms with Crippen molar-refractivity contribution in [2.24, 2.45) is 5.92 Å². The summed E-state index contributed by atoms with van der Waals surface area (Å²) in [6.07, 6.45) is 0.0407. The van der Waals surface area contributed by atoms with Crippen LogP contribution in [0.15, 0.2) is 77.8 Å². The molecule has 2 aromatic carbocycles. The van der Waals surface area contributed by atoms with E-state index in [0.29, 0.717) is 31.7 Å². The Labute approximate surface area is 311 Å². The minimum Gasteiger partial charge on any atom is -0.444 e. The normalized spacial score (nSPS) is 15.3. The van der Waals surface area contributed by atoms with Gasteiger partial charge in [-0.3, -0.25) is 9.78 Å². The largest absolute Gasteiger partial charge is 0.444 e. The van der Waals surface area contributed by atoms with Crippen LogP contribution in [0.25, 0.3) is 0 Å². The molecule has 0 aliphatic carbocycles. The summed E-state index contributed by atoms with van der Waals surface area (Å²) < 4.78 is 16.3. The zero-order chi connectivity index (χ0) is 36.7. The van der Waals surface area contributed by atoms with Crippen LogP contribution in [0.4, 0.5) is 14.7 Å². The SMILES string of the molecule is CC(C)[C@H](NC(=O)OCc1csc(N2CCOCC2)n1)C(=O)NC(Cc1ccccc1)C(O)CC(Cc1ccccc1)NC(=O)OCc1cncs1. The molecule has 2 aromatic heterocycles. The van der Waals surface area contributed by atoms with Crippen LogP contribution in [0, 0.1) is 5.92 Å². The highest BCUT2D eigenvalue weighted by Gasteiger charge is 2.31. The first-order chi connectivity index (χ1) is 25.2. The number of carbonyl (C=O) groups excluding carboxylic acids is 3. The lowest BCUT2D eigenvalue weighted by atomic mass is 9.93. The van der Waals surface area contributed by atoms with Gasteiger partial charge in [0.2, 0.25) is 5.91 Å². The Morgan fingerprint density at radius 3 is 2.19 bits per heavy atom. The second-order valence-corrected chi connectivity index (χ2v) is 14.7. The first-order valence-electron chi connectivity index (χ1n) is 17.3. The fourth-order valence-corrected chi connectivity index (χ4v) is 7.11. The van der Waals surface area contributed by atoms with E-state index in [1.54, 1.807) is 11.7 Å². The number of hydrogen-bond donors (Lipinski definition) is 4. The Morgan fingerprint density at radius 2 is 1.54 bits per heavy atom. The number of nitrogens with one attached hydrogen (secondary N) is 3. The summed E-state index contributed by atoms with van der Waals surface area (Å²) in [5.41, 5.74) is 4.14. The molecule has 13 nitrogen and oxygen atoms in total. The van der Waals surface area contributed by atoms with Gasteiger partial charge in [-0.1, -0.05) is 74.5 Å². The van der Waals surface area contributed by atoms with Gasteiger partial charge in [-0.05, 0) is 36.3 Å². The average Bonchev–Trinajstić information content (AvgIpc) is 3.86. The highest BCUT2D eigenvalue weighted by atomic mass is 32.1. The van der Waals surface area contributed by atoms with Crippen LogP contribution in [0.5, 0.6) is 0 Å². The molecule has 4 atom stereocenters. The number of carbonyl (C=O) groups is 3. The van der Waals surface area contributed by atoms with E-state index in [0.717, 1.165) is 34.2 Å². The maximum absolute atomic E-state index is 13.8. The number of amides is 3. The summed E-state index contributed by atoms with van der Waals surface area (Å²) in [5, 5.41) is 23.0.